The first-order valence-corrected chi connectivity index (χ1v) is 9.03. The van der Waals surface area contributed by atoms with E-state index in [0.717, 1.165) is 0 Å². The molecule has 0 fully saturated rings. The molecule has 0 saturated heterocycles. The molecule has 31 heavy (non-hydrogen) atoms. The first kappa shape index (κ1) is 19.8. The third-order valence-electron chi connectivity index (χ3n) is 4.28. The van der Waals surface area contributed by atoms with Gasteiger partial charge in [0.05, 0.1) is 23.5 Å². The molecular weight excluding hydrogens is 405 g/mol. The zero-order chi connectivity index (χ0) is 22.0. The van der Waals surface area contributed by atoms with E-state index in [4.69, 9.17) is 4.42 Å². The molecule has 0 aliphatic rings. The maximum absolute atomic E-state index is 13.9. The average Bonchev–Trinajstić information content (AvgIpc) is 3.22. The largest absolute Gasteiger partial charge is 0.433 e. The highest BCUT2D eigenvalue weighted by Gasteiger charge is 2.20. The van der Waals surface area contributed by atoms with Crippen LogP contribution in [0.3, 0.4) is 0 Å². The molecule has 1 aromatic carbocycles. The highest BCUT2D eigenvalue weighted by atomic mass is 19.1. The normalized spacial score (nSPS) is 11.2. The number of nitrogens with zero attached hydrogens (tertiary/aromatic N) is 5. The molecule has 0 aliphatic carbocycles. The molecule has 4 rings (SSSR count). The van der Waals surface area contributed by atoms with Crippen LogP contribution in [0, 0.1) is 15.9 Å². The molecule has 10 heteroatoms. The molecule has 0 bridgehead atoms. The third kappa shape index (κ3) is 4.13. The van der Waals surface area contributed by atoms with Gasteiger partial charge in [0.1, 0.15) is 16.5 Å². The highest BCUT2D eigenvalue weighted by molar-refractivity contribution is 6.05. The Hall–Kier alpha value is -4.47. The molecule has 3 aromatic heterocycles. The Labute approximate surface area is 174 Å². The molecule has 0 atom stereocenters. The second-order valence-electron chi connectivity index (χ2n) is 6.40. The maximum Gasteiger partial charge on any atom is 0.433 e. The number of rotatable bonds is 5. The van der Waals surface area contributed by atoms with Crippen LogP contribution in [0.5, 0.6) is 0 Å². The smallest absolute Gasteiger partial charge is 0.401 e. The molecule has 3 heterocycles. The van der Waals surface area contributed by atoms with Crippen LogP contribution in [0.4, 0.5) is 21.8 Å². The van der Waals surface area contributed by atoms with Crippen molar-refractivity contribution in [1.82, 2.24) is 15.0 Å². The van der Waals surface area contributed by atoms with Crippen LogP contribution in [-0.2, 0) is 4.79 Å². The van der Waals surface area contributed by atoms with Gasteiger partial charge in [-0.3, -0.25) is 24.8 Å². The predicted molar refractivity (Wildman–Crippen MR) is 111 cm³/mol. The van der Waals surface area contributed by atoms with Crippen LogP contribution in [0.25, 0.3) is 23.1 Å². The van der Waals surface area contributed by atoms with Crippen molar-refractivity contribution in [2.45, 2.75) is 6.92 Å². The lowest BCUT2D eigenvalue weighted by molar-refractivity contribution is -0.402. The number of benzene rings is 1. The lowest BCUT2D eigenvalue weighted by Crippen LogP contribution is -2.24. The summed E-state index contributed by atoms with van der Waals surface area (Å²) in [6, 6.07) is 10.0. The van der Waals surface area contributed by atoms with Gasteiger partial charge < -0.3 is 4.42 Å². The van der Waals surface area contributed by atoms with Crippen LogP contribution in [0.15, 0.2) is 59.3 Å². The molecule has 0 aliphatic heterocycles. The summed E-state index contributed by atoms with van der Waals surface area (Å²) < 4.78 is 18.9. The SMILES string of the molecule is CC(=O)N(c1cccnc1)c1nc(C=Cc2ccc([N+](=O)[O-])o2)nc2cc(F)ccc12. The van der Waals surface area contributed by atoms with E-state index in [2.05, 4.69) is 15.0 Å². The second-order valence-corrected chi connectivity index (χ2v) is 6.40. The Morgan fingerprint density at radius 1 is 1.19 bits per heavy atom. The summed E-state index contributed by atoms with van der Waals surface area (Å²) in [5.74, 6) is -0.607. The van der Waals surface area contributed by atoms with Crippen LogP contribution in [0.1, 0.15) is 18.5 Å². The first-order valence-electron chi connectivity index (χ1n) is 9.03. The maximum atomic E-state index is 13.9. The second kappa shape index (κ2) is 8.11. The van der Waals surface area contributed by atoms with Gasteiger partial charge in [-0.25, -0.2) is 14.4 Å². The van der Waals surface area contributed by atoms with Crippen molar-refractivity contribution < 1.29 is 18.5 Å². The minimum atomic E-state index is -0.649. The highest BCUT2D eigenvalue weighted by Crippen LogP contribution is 2.31. The van der Waals surface area contributed by atoms with Gasteiger partial charge in [-0.1, -0.05) is 0 Å². The fourth-order valence-corrected chi connectivity index (χ4v) is 2.97. The number of furan rings is 1. The first-order chi connectivity index (χ1) is 14.9. The molecule has 9 nitrogen and oxygen atoms in total. The minimum Gasteiger partial charge on any atom is -0.401 e. The molecule has 0 unspecified atom stereocenters. The number of pyridine rings is 1. The Morgan fingerprint density at radius 2 is 2.03 bits per heavy atom. The zero-order valence-corrected chi connectivity index (χ0v) is 16.1. The summed E-state index contributed by atoms with van der Waals surface area (Å²) in [7, 11) is 0. The van der Waals surface area contributed by atoms with Crippen molar-refractivity contribution in [2.75, 3.05) is 4.90 Å². The van der Waals surface area contributed by atoms with E-state index in [1.807, 2.05) is 0 Å². The van der Waals surface area contributed by atoms with Crippen LogP contribution in [-0.4, -0.2) is 25.8 Å². The number of hydrogen-bond donors (Lipinski definition) is 0. The van der Waals surface area contributed by atoms with E-state index in [1.54, 1.807) is 18.3 Å². The van der Waals surface area contributed by atoms with E-state index in [1.165, 1.54) is 60.5 Å². The monoisotopic (exact) mass is 419 g/mol. The number of aromatic nitrogens is 3. The van der Waals surface area contributed by atoms with Crippen LogP contribution < -0.4 is 4.90 Å². The lowest BCUT2D eigenvalue weighted by atomic mass is 10.2. The molecule has 0 radical (unpaired) electrons. The number of anilines is 2. The molecule has 0 saturated carbocycles. The quantitative estimate of drug-likeness (QED) is 0.345. The van der Waals surface area contributed by atoms with E-state index in [9.17, 15) is 19.3 Å². The minimum absolute atomic E-state index is 0.155. The summed E-state index contributed by atoms with van der Waals surface area (Å²) in [5, 5.41) is 11.2. The molecule has 1 amide bonds. The Bertz CT molecular complexity index is 1320. The van der Waals surface area contributed by atoms with Crippen molar-refractivity contribution in [3.63, 3.8) is 0 Å². The van der Waals surface area contributed by atoms with Gasteiger partial charge in [-0.15, -0.1) is 0 Å². The van der Waals surface area contributed by atoms with Gasteiger partial charge in [0.15, 0.2) is 11.6 Å². The van der Waals surface area contributed by atoms with E-state index in [-0.39, 0.29) is 28.8 Å². The number of halogens is 1. The molecular formula is C21H14FN5O4. The van der Waals surface area contributed by atoms with E-state index < -0.39 is 16.6 Å². The number of amides is 1. The van der Waals surface area contributed by atoms with Crippen LogP contribution >= 0.6 is 0 Å². The average molecular weight is 419 g/mol. The standard InChI is InChI=1S/C21H14FN5O4/c1-13(28)26(15-3-2-10-23-12-15)21-17-7-4-14(22)11-18(17)24-19(25-21)8-5-16-6-9-20(31-16)27(29)30/h2-12H,1H3. The van der Waals surface area contributed by atoms with Gasteiger partial charge >= 0.3 is 5.88 Å². The van der Waals surface area contributed by atoms with Crippen molar-refractivity contribution in [3.8, 4) is 0 Å². The summed E-state index contributed by atoms with van der Waals surface area (Å²) in [4.78, 5) is 36.8. The number of carbonyl (C=O) groups is 1. The molecule has 0 spiro atoms. The Kier molecular flexibility index (Phi) is 5.19. The van der Waals surface area contributed by atoms with Gasteiger partial charge in [-0.2, -0.15) is 0 Å². The molecule has 154 valence electrons. The zero-order valence-electron chi connectivity index (χ0n) is 16.1. The van der Waals surface area contributed by atoms with Gasteiger partial charge in [-0.05, 0) is 42.5 Å². The fourth-order valence-electron chi connectivity index (χ4n) is 2.97. The predicted octanol–water partition coefficient (Wildman–Crippen LogP) is 4.52. The topological polar surface area (TPSA) is 115 Å². The summed E-state index contributed by atoms with van der Waals surface area (Å²) in [6.07, 6.45) is 5.99. The Balaban J connectivity index is 1.85. The van der Waals surface area contributed by atoms with E-state index >= 15 is 0 Å². The fraction of sp³-hybridized carbons (Fsp3) is 0.0476. The van der Waals surface area contributed by atoms with Crippen molar-refractivity contribution in [3.05, 3.63) is 82.4 Å². The summed E-state index contributed by atoms with van der Waals surface area (Å²) >= 11 is 0. The number of carbonyl (C=O) groups excluding carboxylic acids is 1. The lowest BCUT2D eigenvalue weighted by Gasteiger charge is -2.21. The van der Waals surface area contributed by atoms with Crippen molar-refractivity contribution >= 4 is 46.4 Å². The number of fused-ring (bicyclic) bond motifs is 1. The van der Waals surface area contributed by atoms with Gasteiger partial charge in [0.25, 0.3) is 0 Å². The van der Waals surface area contributed by atoms with Crippen molar-refractivity contribution in [1.29, 1.82) is 0 Å². The number of hydrogen-bond acceptors (Lipinski definition) is 7. The summed E-state index contributed by atoms with van der Waals surface area (Å²) in [6.45, 7) is 1.38. The molecule has 0 N–H and O–H groups in total. The van der Waals surface area contributed by atoms with Crippen molar-refractivity contribution in [2.24, 2.45) is 0 Å². The van der Waals surface area contributed by atoms with Crippen LogP contribution in [0.2, 0.25) is 0 Å². The van der Waals surface area contributed by atoms with Gasteiger partial charge in [0, 0.05) is 24.6 Å². The summed E-state index contributed by atoms with van der Waals surface area (Å²) in [5.41, 5.74) is 0.765. The molecule has 4 aromatic rings. The third-order valence-corrected chi connectivity index (χ3v) is 4.28. The Morgan fingerprint density at radius 3 is 2.71 bits per heavy atom. The van der Waals surface area contributed by atoms with E-state index in [0.29, 0.717) is 11.1 Å². The number of nitro groups is 1. The van der Waals surface area contributed by atoms with Gasteiger partial charge in [0.2, 0.25) is 5.91 Å².